The van der Waals surface area contributed by atoms with Gasteiger partial charge in [-0.3, -0.25) is 0 Å². The molecular formula is C55H37NS2. The van der Waals surface area contributed by atoms with E-state index >= 15 is 0 Å². The van der Waals surface area contributed by atoms with Gasteiger partial charge in [0, 0.05) is 68.1 Å². The third kappa shape index (κ3) is 4.94. The van der Waals surface area contributed by atoms with Crippen LogP contribution in [0, 0.1) is 0 Å². The molecule has 0 bridgehead atoms. The van der Waals surface area contributed by atoms with Crippen LogP contribution in [0.5, 0.6) is 0 Å². The van der Waals surface area contributed by atoms with Gasteiger partial charge < -0.3 is 4.90 Å². The van der Waals surface area contributed by atoms with Gasteiger partial charge >= 0.3 is 0 Å². The molecule has 0 spiro atoms. The minimum absolute atomic E-state index is 0.0291. The molecular weight excluding hydrogens is 739 g/mol. The number of benzene rings is 9. The van der Waals surface area contributed by atoms with Gasteiger partial charge in [0.05, 0.1) is 16.7 Å². The summed E-state index contributed by atoms with van der Waals surface area (Å²) >= 11 is 2.73. The molecule has 274 valence electrons. The van der Waals surface area contributed by atoms with E-state index in [-0.39, 0.29) is 52.4 Å². The van der Waals surface area contributed by atoms with Crippen molar-refractivity contribution in [3.8, 4) is 33.4 Å². The average Bonchev–Trinajstić information content (AvgIpc) is 4.00. The van der Waals surface area contributed by atoms with Gasteiger partial charge in [-0.2, -0.15) is 0 Å². The Kier molecular flexibility index (Phi) is 5.80. The molecule has 0 saturated carbocycles. The van der Waals surface area contributed by atoms with E-state index < -0.39 is 12.1 Å². The first-order chi connectivity index (χ1) is 31.9. The highest BCUT2D eigenvalue weighted by Gasteiger charge is 2.36. The first kappa shape index (κ1) is 26.4. The van der Waals surface area contributed by atoms with Crippen LogP contribution >= 0.6 is 22.7 Å². The van der Waals surface area contributed by atoms with Crippen LogP contribution in [0.2, 0.25) is 0 Å². The maximum Gasteiger partial charge on any atom is 0.0645 e. The van der Waals surface area contributed by atoms with Crippen LogP contribution in [0.15, 0.2) is 188 Å². The number of thiophene rings is 2. The standard InChI is InChI=1S/C55H37NS2/c1-55(2)47-22-10-8-17-39(47)40-31-30-37(32-48(40)55)56(36-28-26-35(27-29-36)34-14-4-3-5-15-34)49-23-13-25-51-52(49)46-33-45(38-16-6-7-19-42(38)54(46)58-51)44-21-12-20-43-41-18-9-11-24-50(41)57-53(43)44/h3-33H,1-2H3/i6D,7D,13D,16D,19D,23D,25D,33D. The van der Waals surface area contributed by atoms with Gasteiger partial charge in [0.1, 0.15) is 0 Å². The molecule has 12 rings (SSSR count). The second-order valence-electron chi connectivity index (χ2n) is 15.4. The first-order valence-corrected chi connectivity index (χ1v) is 21.0. The fourth-order valence-corrected chi connectivity index (χ4v) is 11.4. The number of anilines is 3. The molecule has 0 amide bonds. The van der Waals surface area contributed by atoms with Gasteiger partial charge in [0.15, 0.2) is 0 Å². The molecule has 0 N–H and O–H groups in total. The molecule has 0 aliphatic heterocycles. The van der Waals surface area contributed by atoms with E-state index in [1.54, 1.807) is 11.3 Å². The van der Waals surface area contributed by atoms with Crippen LogP contribution in [-0.4, -0.2) is 0 Å². The lowest BCUT2D eigenvalue weighted by atomic mass is 9.82. The minimum Gasteiger partial charge on any atom is -0.310 e. The van der Waals surface area contributed by atoms with Gasteiger partial charge in [-0.15, -0.1) is 22.7 Å². The highest BCUT2D eigenvalue weighted by molar-refractivity contribution is 7.27. The van der Waals surface area contributed by atoms with E-state index in [0.29, 0.717) is 42.7 Å². The van der Waals surface area contributed by atoms with Crippen molar-refractivity contribution in [2.45, 2.75) is 19.3 Å². The van der Waals surface area contributed by atoms with Crippen molar-refractivity contribution in [2.24, 2.45) is 0 Å². The molecule has 58 heavy (non-hydrogen) atoms. The Labute approximate surface area is 356 Å². The summed E-state index contributed by atoms with van der Waals surface area (Å²) in [7, 11) is 0. The molecule has 1 nitrogen and oxygen atoms in total. The van der Waals surface area contributed by atoms with Crippen molar-refractivity contribution in [2.75, 3.05) is 4.90 Å². The molecule has 1 aliphatic carbocycles. The number of hydrogen-bond donors (Lipinski definition) is 0. The molecule has 11 aromatic rings. The van der Waals surface area contributed by atoms with Crippen molar-refractivity contribution in [3.63, 3.8) is 0 Å². The number of nitrogens with zero attached hydrogens (tertiary/aromatic N) is 1. The summed E-state index contributed by atoms with van der Waals surface area (Å²) in [6, 6.07) is 45.1. The molecule has 0 radical (unpaired) electrons. The molecule has 2 heterocycles. The van der Waals surface area contributed by atoms with Crippen LogP contribution in [-0.2, 0) is 5.41 Å². The Balaban J connectivity index is 1.23. The number of fused-ring (bicyclic) bond motifs is 11. The summed E-state index contributed by atoms with van der Waals surface area (Å²) in [5.74, 6) is 0. The zero-order chi connectivity index (χ0) is 45.5. The highest BCUT2D eigenvalue weighted by atomic mass is 32.1. The second-order valence-corrected chi connectivity index (χ2v) is 17.5. The van der Waals surface area contributed by atoms with Crippen LogP contribution < -0.4 is 4.90 Å². The second kappa shape index (κ2) is 12.7. The third-order valence-corrected chi connectivity index (χ3v) is 14.2. The molecule has 0 saturated heterocycles. The highest BCUT2D eigenvalue weighted by Crippen LogP contribution is 2.53. The zero-order valence-electron chi connectivity index (χ0n) is 39.5. The Hall–Kier alpha value is -6.52. The van der Waals surface area contributed by atoms with E-state index in [1.807, 2.05) is 83.8 Å². The number of hydrogen-bond acceptors (Lipinski definition) is 3. The summed E-state index contributed by atoms with van der Waals surface area (Å²) < 4.78 is 78.7. The van der Waals surface area contributed by atoms with E-state index in [2.05, 4.69) is 74.5 Å². The van der Waals surface area contributed by atoms with E-state index in [4.69, 9.17) is 2.74 Å². The lowest BCUT2D eigenvalue weighted by Gasteiger charge is -2.29. The van der Waals surface area contributed by atoms with Crippen LogP contribution in [0.25, 0.3) is 84.5 Å². The van der Waals surface area contributed by atoms with Gasteiger partial charge in [-0.25, -0.2) is 0 Å². The van der Waals surface area contributed by atoms with Crippen LogP contribution in [0.4, 0.5) is 17.1 Å². The Morgan fingerprint density at radius 2 is 1.16 bits per heavy atom. The van der Waals surface area contributed by atoms with Crippen molar-refractivity contribution < 1.29 is 11.0 Å². The minimum atomic E-state index is -0.398. The van der Waals surface area contributed by atoms with E-state index in [0.717, 1.165) is 59.5 Å². The van der Waals surface area contributed by atoms with Crippen molar-refractivity contribution >= 4 is 90.9 Å². The van der Waals surface area contributed by atoms with Gasteiger partial charge in [0.2, 0.25) is 0 Å². The van der Waals surface area contributed by atoms with Crippen molar-refractivity contribution in [1.29, 1.82) is 0 Å². The fourth-order valence-electron chi connectivity index (χ4n) is 9.09. The maximum atomic E-state index is 10.4. The molecule has 0 unspecified atom stereocenters. The number of rotatable bonds is 5. The van der Waals surface area contributed by atoms with Gasteiger partial charge in [-0.05, 0) is 92.8 Å². The summed E-state index contributed by atoms with van der Waals surface area (Å²) in [4.78, 5) is 1.98. The maximum absolute atomic E-state index is 10.4. The predicted molar refractivity (Wildman–Crippen MR) is 253 cm³/mol. The topological polar surface area (TPSA) is 3.24 Å². The van der Waals surface area contributed by atoms with Gasteiger partial charge in [-0.1, -0.05) is 153 Å². The SMILES string of the molecule is [2H]c1c([2H])c(N(c2ccc(-c3ccccc3)cc2)c2ccc3c(c2)C(C)(C)c2ccccc2-3)c2c(sc3c4c([2H])c([2H])c([2H])c([2H])c4c(-c4cccc5c4sc4ccccc45)c([2H])c32)c1[2H]. The quantitative estimate of drug-likeness (QED) is 0.168. The normalized spacial score (nSPS) is 15.1. The zero-order valence-corrected chi connectivity index (χ0v) is 33.2. The Bertz CT molecular complexity index is 3890. The molecule has 0 atom stereocenters. The fraction of sp³-hybridized carbons (Fsp3) is 0.0545. The summed E-state index contributed by atoms with van der Waals surface area (Å²) in [6.07, 6.45) is 0. The van der Waals surface area contributed by atoms with E-state index in [1.165, 1.54) is 11.1 Å². The van der Waals surface area contributed by atoms with Gasteiger partial charge in [0.25, 0.3) is 0 Å². The third-order valence-electron chi connectivity index (χ3n) is 11.9. The van der Waals surface area contributed by atoms with Crippen LogP contribution in [0.3, 0.4) is 0 Å². The average molecular weight is 784 g/mol. The summed E-state index contributed by atoms with van der Waals surface area (Å²) in [5, 5.41) is 3.30. The molecule has 3 heteroatoms. The molecule has 2 aromatic heterocycles. The van der Waals surface area contributed by atoms with Crippen molar-refractivity contribution in [1.82, 2.24) is 0 Å². The summed E-state index contributed by atoms with van der Waals surface area (Å²) in [5.41, 5.74) is 9.07. The lowest BCUT2D eigenvalue weighted by molar-refractivity contribution is 0.660. The molecule has 9 aromatic carbocycles. The van der Waals surface area contributed by atoms with E-state index in [9.17, 15) is 8.22 Å². The first-order valence-electron chi connectivity index (χ1n) is 23.4. The predicted octanol–water partition coefficient (Wildman–Crippen LogP) is 16.7. The molecule has 1 aliphatic rings. The Morgan fingerprint density at radius 1 is 0.466 bits per heavy atom. The van der Waals surface area contributed by atoms with Crippen LogP contribution in [0.1, 0.15) is 35.9 Å². The summed E-state index contributed by atoms with van der Waals surface area (Å²) in [6.45, 7) is 4.44. The van der Waals surface area contributed by atoms with Crippen molar-refractivity contribution in [3.05, 3.63) is 199 Å². The smallest absolute Gasteiger partial charge is 0.0645 e. The Morgan fingerprint density at radius 3 is 2.03 bits per heavy atom. The molecule has 0 fully saturated rings. The lowest BCUT2D eigenvalue weighted by Crippen LogP contribution is -2.16. The largest absolute Gasteiger partial charge is 0.310 e. The monoisotopic (exact) mass is 783 g/mol.